The van der Waals surface area contributed by atoms with E-state index in [0.717, 1.165) is 19.3 Å². The zero-order valence-corrected chi connectivity index (χ0v) is 13.2. The van der Waals surface area contributed by atoms with E-state index in [1.165, 1.54) is 6.33 Å². The Morgan fingerprint density at radius 1 is 1.24 bits per heavy atom. The molecule has 0 spiro atoms. The predicted octanol–water partition coefficient (Wildman–Crippen LogP) is 3.44. The van der Waals surface area contributed by atoms with Crippen molar-refractivity contribution in [1.82, 2.24) is 9.97 Å². The summed E-state index contributed by atoms with van der Waals surface area (Å²) >= 11 is 0. The summed E-state index contributed by atoms with van der Waals surface area (Å²) in [5.74, 6) is 1.21. The van der Waals surface area contributed by atoms with E-state index in [1.54, 1.807) is 0 Å². The number of rotatable bonds is 9. The van der Waals surface area contributed by atoms with E-state index >= 15 is 0 Å². The van der Waals surface area contributed by atoms with E-state index in [1.807, 2.05) is 13.8 Å². The second-order valence-electron chi connectivity index (χ2n) is 5.58. The van der Waals surface area contributed by atoms with E-state index < -0.39 is 4.92 Å². The molecule has 118 valence electrons. The molecule has 1 heterocycles. The van der Waals surface area contributed by atoms with E-state index in [2.05, 4.69) is 34.4 Å². The van der Waals surface area contributed by atoms with Gasteiger partial charge < -0.3 is 10.6 Å². The van der Waals surface area contributed by atoms with Gasteiger partial charge in [-0.3, -0.25) is 10.1 Å². The molecule has 0 saturated carbocycles. The normalized spacial score (nSPS) is 12.2. The third-order valence-corrected chi connectivity index (χ3v) is 3.15. The first-order valence-electron chi connectivity index (χ1n) is 7.45. The average molecular weight is 295 g/mol. The highest BCUT2D eigenvalue weighted by molar-refractivity contribution is 5.69. The van der Waals surface area contributed by atoms with Crippen molar-refractivity contribution in [2.45, 2.75) is 53.0 Å². The Morgan fingerprint density at radius 2 is 1.90 bits per heavy atom. The summed E-state index contributed by atoms with van der Waals surface area (Å²) < 4.78 is 0. The van der Waals surface area contributed by atoms with E-state index in [-0.39, 0.29) is 23.4 Å². The van der Waals surface area contributed by atoms with Gasteiger partial charge in [-0.05, 0) is 26.2 Å². The molecule has 1 atom stereocenters. The van der Waals surface area contributed by atoms with Gasteiger partial charge in [-0.25, -0.2) is 9.97 Å². The molecule has 1 unspecified atom stereocenters. The molecule has 0 aliphatic heterocycles. The number of aromatic nitrogens is 2. The lowest BCUT2D eigenvalue weighted by atomic mass is 10.0. The van der Waals surface area contributed by atoms with Gasteiger partial charge in [0.15, 0.2) is 0 Å². The van der Waals surface area contributed by atoms with Gasteiger partial charge in [0.05, 0.1) is 4.92 Å². The molecule has 0 saturated heterocycles. The van der Waals surface area contributed by atoms with Crippen molar-refractivity contribution in [3.8, 4) is 0 Å². The van der Waals surface area contributed by atoms with Gasteiger partial charge in [0.1, 0.15) is 6.33 Å². The maximum absolute atomic E-state index is 11.2. The molecule has 7 heteroatoms. The molecule has 0 bridgehead atoms. The second-order valence-corrected chi connectivity index (χ2v) is 5.58. The number of nitro groups is 1. The second kappa shape index (κ2) is 8.39. The molecule has 0 fully saturated rings. The van der Waals surface area contributed by atoms with Crippen LogP contribution in [0.4, 0.5) is 17.3 Å². The number of nitrogens with zero attached hydrogens (tertiary/aromatic N) is 3. The monoisotopic (exact) mass is 295 g/mol. The Kier molecular flexibility index (Phi) is 6.84. The first kappa shape index (κ1) is 17.1. The summed E-state index contributed by atoms with van der Waals surface area (Å²) in [7, 11) is 0. The Morgan fingerprint density at radius 3 is 2.48 bits per heavy atom. The van der Waals surface area contributed by atoms with Crippen LogP contribution < -0.4 is 10.6 Å². The molecular weight excluding hydrogens is 270 g/mol. The van der Waals surface area contributed by atoms with Crippen molar-refractivity contribution in [2.24, 2.45) is 5.92 Å². The molecule has 1 aromatic rings. The van der Waals surface area contributed by atoms with Crippen molar-refractivity contribution in [3.63, 3.8) is 0 Å². The zero-order chi connectivity index (χ0) is 15.8. The van der Waals surface area contributed by atoms with Crippen molar-refractivity contribution >= 4 is 17.3 Å². The lowest BCUT2D eigenvalue weighted by Gasteiger charge is -2.15. The Hall–Kier alpha value is -1.92. The summed E-state index contributed by atoms with van der Waals surface area (Å²) in [6.45, 7) is 8.83. The van der Waals surface area contributed by atoms with Gasteiger partial charge >= 0.3 is 5.69 Å². The fourth-order valence-corrected chi connectivity index (χ4v) is 2.09. The Bertz CT molecular complexity index is 465. The quantitative estimate of drug-likeness (QED) is 0.535. The smallest absolute Gasteiger partial charge is 0.353 e. The van der Waals surface area contributed by atoms with Crippen LogP contribution in [-0.2, 0) is 0 Å². The molecule has 0 aromatic carbocycles. The summed E-state index contributed by atoms with van der Waals surface area (Å²) in [4.78, 5) is 18.8. The van der Waals surface area contributed by atoms with Crippen LogP contribution >= 0.6 is 0 Å². The first-order chi connectivity index (χ1) is 9.95. The lowest BCUT2D eigenvalue weighted by Crippen LogP contribution is -2.18. The topological polar surface area (TPSA) is 93.0 Å². The summed E-state index contributed by atoms with van der Waals surface area (Å²) in [6.07, 6.45) is 4.54. The largest absolute Gasteiger partial charge is 0.364 e. The number of nitrogens with one attached hydrogen (secondary N) is 2. The van der Waals surface area contributed by atoms with Gasteiger partial charge in [-0.2, -0.15) is 0 Å². The van der Waals surface area contributed by atoms with Gasteiger partial charge in [-0.15, -0.1) is 0 Å². The summed E-state index contributed by atoms with van der Waals surface area (Å²) in [5.41, 5.74) is -0.0879. The summed E-state index contributed by atoms with van der Waals surface area (Å²) in [6, 6.07) is 0.131. The maximum atomic E-state index is 11.2. The van der Waals surface area contributed by atoms with Crippen LogP contribution in [0.1, 0.15) is 47.0 Å². The molecule has 7 nitrogen and oxygen atoms in total. The molecular formula is C14H25N5O2. The average Bonchev–Trinajstić information content (AvgIpc) is 2.38. The molecule has 0 radical (unpaired) electrons. The number of hydrogen-bond donors (Lipinski definition) is 2. The molecule has 1 rings (SSSR count). The molecule has 1 aromatic heterocycles. The minimum atomic E-state index is -0.443. The highest BCUT2D eigenvalue weighted by Crippen LogP contribution is 2.29. The van der Waals surface area contributed by atoms with Gasteiger partial charge in [0, 0.05) is 12.6 Å². The minimum Gasteiger partial charge on any atom is -0.364 e. The Balaban J connectivity index is 2.77. The molecule has 2 N–H and O–H groups in total. The van der Waals surface area contributed by atoms with Crippen molar-refractivity contribution < 1.29 is 4.92 Å². The fraction of sp³-hybridized carbons (Fsp3) is 0.714. The fourth-order valence-electron chi connectivity index (χ4n) is 2.09. The molecule has 21 heavy (non-hydrogen) atoms. The third-order valence-electron chi connectivity index (χ3n) is 3.15. The predicted molar refractivity (Wildman–Crippen MR) is 84.6 cm³/mol. The van der Waals surface area contributed by atoms with Crippen LogP contribution in [0.15, 0.2) is 6.33 Å². The van der Waals surface area contributed by atoms with Crippen LogP contribution in [0.2, 0.25) is 0 Å². The van der Waals surface area contributed by atoms with Gasteiger partial charge in [0.2, 0.25) is 11.6 Å². The third kappa shape index (κ3) is 5.53. The molecule has 0 amide bonds. The van der Waals surface area contributed by atoms with Crippen LogP contribution in [0.25, 0.3) is 0 Å². The highest BCUT2D eigenvalue weighted by atomic mass is 16.6. The first-order valence-corrected chi connectivity index (χ1v) is 7.45. The standard InChI is InChI=1S/C14H25N5O2/c1-5-15-13-12(19(20)21)14(17-9-16-13)18-11(4)8-6-7-10(2)3/h9-11H,5-8H2,1-4H3,(H2,15,16,17,18). The lowest BCUT2D eigenvalue weighted by molar-refractivity contribution is -0.383. The van der Waals surface area contributed by atoms with Crippen LogP contribution in [0.3, 0.4) is 0 Å². The van der Waals surface area contributed by atoms with E-state index in [0.29, 0.717) is 12.5 Å². The van der Waals surface area contributed by atoms with Crippen molar-refractivity contribution in [2.75, 3.05) is 17.2 Å². The molecule has 0 aliphatic rings. The van der Waals surface area contributed by atoms with Crippen LogP contribution in [0.5, 0.6) is 0 Å². The maximum Gasteiger partial charge on any atom is 0.353 e. The zero-order valence-electron chi connectivity index (χ0n) is 13.2. The SMILES string of the molecule is CCNc1ncnc(NC(C)CCCC(C)C)c1[N+](=O)[O-]. The van der Waals surface area contributed by atoms with E-state index in [9.17, 15) is 10.1 Å². The van der Waals surface area contributed by atoms with Crippen molar-refractivity contribution in [1.29, 1.82) is 0 Å². The van der Waals surface area contributed by atoms with E-state index in [4.69, 9.17) is 0 Å². The van der Waals surface area contributed by atoms with Gasteiger partial charge in [0.25, 0.3) is 0 Å². The van der Waals surface area contributed by atoms with Crippen LogP contribution in [0, 0.1) is 16.0 Å². The Labute approximate surface area is 125 Å². The number of hydrogen-bond acceptors (Lipinski definition) is 6. The minimum absolute atomic E-state index is 0.0879. The highest BCUT2D eigenvalue weighted by Gasteiger charge is 2.23. The number of anilines is 2. The molecule has 0 aliphatic carbocycles. The summed E-state index contributed by atoms with van der Waals surface area (Å²) in [5, 5.41) is 17.3. The van der Waals surface area contributed by atoms with Crippen LogP contribution in [-0.4, -0.2) is 27.5 Å². The van der Waals surface area contributed by atoms with Crippen molar-refractivity contribution in [3.05, 3.63) is 16.4 Å². The van der Waals surface area contributed by atoms with Gasteiger partial charge in [-0.1, -0.05) is 26.7 Å².